The van der Waals surface area contributed by atoms with Crippen molar-refractivity contribution in [2.24, 2.45) is 0 Å². The smallest absolute Gasteiger partial charge is 0.160 e. The van der Waals surface area contributed by atoms with Gasteiger partial charge in [0, 0.05) is 11.9 Å². The molecule has 94 valence electrons. The summed E-state index contributed by atoms with van der Waals surface area (Å²) < 4.78 is 5.29. The lowest BCUT2D eigenvalue weighted by atomic mass is 10.2. The second-order valence-electron chi connectivity index (χ2n) is 4.15. The van der Waals surface area contributed by atoms with Crippen LogP contribution < -0.4 is 10.1 Å². The average molecular weight is 243 g/mol. The lowest BCUT2D eigenvalue weighted by Crippen LogP contribution is -2.09. The number of nitrogens with zero attached hydrogens (tertiary/aromatic N) is 2. The molecule has 2 aromatic heterocycles. The predicted octanol–water partition coefficient (Wildman–Crippen LogP) is 2.97. The normalized spacial score (nSPS) is 11.9. The van der Waals surface area contributed by atoms with Gasteiger partial charge in [0.25, 0.3) is 0 Å². The molecule has 4 heteroatoms. The Morgan fingerprint density at radius 1 is 1.28 bits per heavy atom. The summed E-state index contributed by atoms with van der Waals surface area (Å²) >= 11 is 0. The molecule has 0 bridgehead atoms. The number of aromatic nitrogens is 2. The van der Waals surface area contributed by atoms with Gasteiger partial charge in [-0.15, -0.1) is 0 Å². The maximum atomic E-state index is 5.29. The molecule has 2 heterocycles. The van der Waals surface area contributed by atoms with Gasteiger partial charge in [-0.05, 0) is 32.0 Å². The Labute approximate surface area is 107 Å². The van der Waals surface area contributed by atoms with Gasteiger partial charge in [-0.25, -0.2) is 0 Å². The van der Waals surface area contributed by atoms with E-state index in [2.05, 4.69) is 22.2 Å². The van der Waals surface area contributed by atoms with Crippen LogP contribution in [0.25, 0.3) is 0 Å². The monoisotopic (exact) mass is 243 g/mol. The van der Waals surface area contributed by atoms with E-state index >= 15 is 0 Å². The maximum absolute atomic E-state index is 5.29. The highest BCUT2D eigenvalue weighted by molar-refractivity contribution is 5.56. The van der Waals surface area contributed by atoms with Gasteiger partial charge >= 0.3 is 0 Å². The molecular weight excluding hydrogens is 226 g/mol. The van der Waals surface area contributed by atoms with Crippen molar-refractivity contribution < 1.29 is 4.74 Å². The number of ether oxygens (including phenoxy) is 1. The average Bonchev–Trinajstić information content (AvgIpc) is 2.40. The van der Waals surface area contributed by atoms with Gasteiger partial charge in [0.1, 0.15) is 0 Å². The van der Waals surface area contributed by atoms with Crippen molar-refractivity contribution in [1.82, 2.24) is 9.97 Å². The first-order valence-electron chi connectivity index (χ1n) is 5.89. The second-order valence-corrected chi connectivity index (χ2v) is 4.15. The number of anilines is 1. The van der Waals surface area contributed by atoms with Crippen molar-refractivity contribution >= 4 is 5.69 Å². The highest BCUT2D eigenvalue weighted by Gasteiger charge is 2.10. The number of nitrogens with one attached hydrogen (secondary N) is 1. The first kappa shape index (κ1) is 12.4. The fourth-order valence-corrected chi connectivity index (χ4v) is 1.76. The Bertz CT molecular complexity index is 514. The molecule has 4 nitrogen and oxygen atoms in total. The lowest BCUT2D eigenvalue weighted by molar-refractivity contribution is 0.414. The topological polar surface area (TPSA) is 47.0 Å². The van der Waals surface area contributed by atoms with Crippen LogP contribution in [0, 0.1) is 6.92 Å². The molecule has 0 aromatic carbocycles. The molecule has 0 fully saturated rings. The standard InChI is InChI=1S/C14H17N3O/c1-10-8-13(14(18-3)9-16-10)17-11(2)12-6-4-5-7-15-12/h4-9,11H,1-3H3,(H,16,17). The number of rotatable bonds is 4. The van der Waals surface area contributed by atoms with Crippen LogP contribution >= 0.6 is 0 Å². The van der Waals surface area contributed by atoms with E-state index in [1.807, 2.05) is 31.2 Å². The molecule has 0 saturated heterocycles. The minimum atomic E-state index is 0.113. The van der Waals surface area contributed by atoms with Crippen LogP contribution in [-0.4, -0.2) is 17.1 Å². The Morgan fingerprint density at radius 3 is 2.78 bits per heavy atom. The zero-order valence-electron chi connectivity index (χ0n) is 10.8. The minimum absolute atomic E-state index is 0.113. The summed E-state index contributed by atoms with van der Waals surface area (Å²) in [4.78, 5) is 8.54. The molecule has 0 amide bonds. The van der Waals surface area contributed by atoms with Gasteiger partial charge in [-0.1, -0.05) is 6.07 Å². The number of hydrogen-bond acceptors (Lipinski definition) is 4. The third kappa shape index (κ3) is 2.77. The number of hydrogen-bond donors (Lipinski definition) is 1. The summed E-state index contributed by atoms with van der Waals surface area (Å²) in [5.74, 6) is 0.739. The van der Waals surface area contributed by atoms with Crippen LogP contribution in [-0.2, 0) is 0 Å². The zero-order chi connectivity index (χ0) is 13.0. The van der Waals surface area contributed by atoms with E-state index < -0.39 is 0 Å². The van der Waals surface area contributed by atoms with Gasteiger partial charge in [0.2, 0.25) is 0 Å². The fraction of sp³-hybridized carbons (Fsp3) is 0.286. The third-order valence-electron chi connectivity index (χ3n) is 2.73. The molecule has 2 aromatic rings. The minimum Gasteiger partial charge on any atom is -0.493 e. The molecule has 18 heavy (non-hydrogen) atoms. The Hall–Kier alpha value is -2.10. The molecule has 0 saturated carbocycles. The van der Waals surface area contributed by atoms with Crippen molar-refractivity contribution in [3.8, 4) is 5.75 Å². The molecule has 1 N–H and O–H groups in total. The highest BCUT2D eigenvalue weighted by Crippen LogP contribution is 2.27. The summed E-state index contributed by atoms with van der Waals surface area (Å²) in [6.45, 7) is 4.02. The summed E-state index contributed by atoms with van der Waals surface area (Å²) in [7, 11) is 1.64. The van der Waals surface area contributed by atoms with E-state index in [0.29, 0.717) is 0 Å². The van der Waals surface area contributed by atoms with Gasteiger partial charge < -0.3 is 10.1 Å². The summed E-state index contributed by atoms with van der Waals surface area (Å²) in [6, 6.07) is 7.97. The van der Waals surface area contributed by atoms with Crippen molar-refractivity contribution in [3.63, 3.8) is 0 Å². The van der Waals surface area contributed by atoms with Crippen LogP contribution in [0.5, 0.6) is 5.75 Å². The Balaban J connectivity index is 2.21. The van der Waals surface area contributed by atoms with Crippen LogP contribution in [0.3, 0.4) is 0 Å². The van der Waals surface area contributed by atoms with Gasteiger partial charge in [-0.2, -0.15) is 0 Å². The summed E-state index contributed by atoms with van der Waals surface area (Å²) in [5, 5.41) is 3.39. The van der Waals surface area contributed by atoms with Crippen molar-refractivity contribution in [3.05, 3.63) is 48.0 Å². The number of methoxy groups -OCH3 is 1. The summed E-state index contributed by atoms with van der Waals surface area (Å²) in [5.41, 5.74) is 2.88. The molecule has 0 aliphatic carbocycles. The van der Waals surface area contributed by atoms with Crippen molar-refractivity contribution in [2.75, 3.05) is 12.4 Å². The highest BCUT2D eigenvalue weighted by atomic mass is 16.5. The van der Waals surface area contributed by atoms with Gasteiger partial charge in [-0.3, -0.25) is 9.97 Å². The number of pyridine rings is 2. The van der Waals surface area contributed by atoms with Crippen molar-refractivity contribution in [1.29, 1.82) is 0 Å². The van der Waals surface area contributed by atoms with E-state index in [9.17, 15) is 0 Å². The zero-order valence-corrected chi connectivity index (χ0v) is 10.8. The molecule has 0 aliphatic heterocycles. The maximum Gasteiger partial charge on any atom is 0.160 e. The molecular formula is C14H17N3O. The molecule has 0 radical (unpaired) electrons. The van der Waals surface area contributed by atoms with E-state index in [0.717, 1.165) is 22.8 Å². The lowest BCUT2D eigenvalue weighted by Gasteiger charge is -2.17. The molecule has 1 atom stereocenters. The van der Waals surface area contributed by atoms with Crippen LogP contribution in [0.4, 0.5) is 5.69 Å². The molecule has 2 rings (SSSR count). The number of aryl methyl sites for hydroxylation is 1. The summed E-state index contributed by atoms with van der Waals surface area (Å²) in [6.07, 6.45) is 3.52. The van der Waals surface area contributed by atoms with Gasteiger partial charge in [0.15, 0.2) is 5.75 Å². The van der Waals surface area contributed by atoms with Crippen LogP contribution in [0.2, 0.25) is 0 Å². The van der Waals surface area contributed by atoms with Crippen molar-refractivity contribution in [2.45, 2.75) is 19.9 Å². The SMILES string of the molecule is COc1cnc(C)cc1NC(C)c1ccccn1. The molecule has 1 unspecified atom stereocenters. The van der Waals surface area contributed by atoms with E-state index in [1.165, 1.54) is 0 Å². The quantitative estimate of drug-likeness (QED) is 0.896. The van der Waals surface area contributed by atoms with Gasteiger partial charge in [0.05, 0.1) is 30.7 Å². The fourth-order valence-electron chi connectivity index (χ4n) is 1.76. The van der Waals surface area contributed by atoms with Crippen LogP contribution in [0.1, 0.15) is 24.4 Å². The van der Waals surface area contributed by atoms with Crippen LogP contribution in [0.15, 0.2) is 36.7 Å². The molecule has 0 spiro atoms. The Morgan fingerprint density at radius 2 is 2.11 bits per heavy atom. The van der Waals surface area contributed by atoms with E-state index in [4.69, 9.17) is 4.74 Å². The Kier molecular flexibility index (Phi) is 3.77. The first-order chi connectivity index (χ1) is 8.70. The largest absolute Gasteiger partial charge is 0.493 e. The second kappa shape index (κ2) is 5.49. The first-order valence-corrected chi connectivity index (χ1v) is 5.89. The van der Waals surface area contributed by atoms with E-state index in [1.54, 1.807) is 19.5 Å². The van der Waals surface area contributed by atoms with E-state index in [-0.39, 0.29) is 6.04 Å². The predicted molar refractivity (Wildman–Crippen MR) is 71.8 cm³/mol. The molecule has 0 aliphatic rings. The third-order valence-corrected chi connectivity index (χ3v) is 2.73.